The number of rotatable bonds is 5. The van der Waals surface area contributed by atoms with Crippen LogP contribution in [-0.4, -0.2) is 12.5 Å². The Morgan fingerprint density at radius 3 is 2.89 bits per heavy atom. The molecule has 0 saturated carbocycles. The van der Waals surface area contributed by atoms with Crippen molar-refractivity contribution in [3.05, 3.63) is 24.9 Å². The summed E-state index contributed by atoms with van der Waals surface area (Å²) in [4.78, 5) is 4.77. The number of halogens is 1. The van der Waals surface area contributed by atoms with Gasteiger partial charge in [0.15, 0.2) is 0 Å². The summed E-state index contributed by atoms with van der Waals surface area (Å²) in [5.74, 6) is 0.525. The monoisotopic (exact) mass is 147 g/mol. The van der Waals surface area contributed by atoms with E-state index in [9.17, 15) is 0 Å². The van der Waals surface area contributed by atoms with Crippen molar-refractivity contribution in [3.8, 4) is 0 Å². The van der Waals surface area contributed by atoms with Gasteiger partial charge in [-0.25, -0.2) is 0 Å². The van der Waals surface area contributed by atoms with Crippen LogP contribution in [-0.2, 0) is 4.84 Å². The van der Waals surface area contributed by atoms with Crippen molar-refractivity contribution in [1.29, 1.82) is 0 Å². The molecule has 0 aromatic heterocycles. The Hall–Kier alpha value is -0.470. The molecule has 2 nitrogen and oxygen atoms in total. The van der Waals surface area contributed by atoms with Gasteiger partial charge in [0.2, 0.25) is 0 Å². The van der Waals surface area contributed by atoms with Crippen LogP contribution in [0.15, 0.2) is 24.9 Å². The van der Waals surface area contributed by atoms with Gasteiger partial charge in [-0.15, -0.1) is 11.6 Å². The lowest BCUT2D eigenvalue weighted by atomic mass is 10.6. The van der Waals surface area contributed by atoms with Crippen molar-refractivity contribution in [2.24, 2.45) is 0 Å². The molecule has 0 atom stereocenters. The lowest BCUT2D eigenvalue weighted by Crippen LogP contribution is -2.04. The van der Waals surface area contributed by atoms with E-state index in [1.54, 1.807) is 0 Å². The second kappa shape index (κ2) is 7.53. The molecule has 0 saturated heterocycles. The van der Waals surface area contributed by atoms with E-state index in [1.165, 1.54) is 6.20 Å². The van der Waals surface area contributed by atoms with Gasteiger partial charge >= 0.3 is 0 Å². The highest BCUT2D eigenvalue weighted by atomic mass is 35.5. The van der Waals surface area contributed by atoms with Gasteiger partial charge in [-0.1, -0.05) is 18.7 Å². The summed E-state index contributed by atoms with van der Waals surface area (Å²) in [7, 11) is 0. The molecule has 0 unspecified atom stereocenters. The summed E-state index contributed by atoms with van der Waals surface area (Å²) >= 11 is 5.33. The lowest BCUT2D eigenvalue weighted by molar-refractivity contribution is 0.0958. The quantitative estimate of drug-likeness (QED) is 0.275. The Kier molecular flexibility index (Phi) is 7.14. The fourth-order valence-corrected chi connectivity index (χ4v) is 0.412. The molecule has 1 N–H and O–H groups in total. The van der Waals surface area contributed by atoms with Crippen LogP contribution in [0.5, 0.6) is 0 Å². The number of nitrogens with one attached hydrogen (secondary N) is 1. The number of allylic oxidation sites excluding steroid dienone is 1. The summed E-state index contributed by atoms with van der Waals surface area (Å²) in [6, 6.07) is 0. The van der Waals surface area contributed by atoms with Crippen LogP contribution in [0.2, 0.25) is 0 Å². The standard InChI is InChI=1S/C6H10ClNO/c1-2-8-9-6-4-3-5-7/h2-4,8H,1,5-6H2. The summed E-state index contributed by atoms with van der Waals surface area (Å²) in [6.07, 6.45) is 5.10. The van der Waals surface area contributed by atoms with Crippen LogP contribution in [0, 0.1) is 0 Å². The van der Waals surface area contributed by atoms with Gasteiger partial charge in [0.05, 0.1) is 6.61 Å². The molecular formula is C6H10ClNO. The number of alkyl halides is 1. The number of hydroxylamine groups is 1. The predicted molar refractivity (Wildman–Crippen MR) is 39.1 cm³/mol. The molecule has 0 radical (unpaired) electrons. The van der Waals surface area contributed by atoms with Crippen molar-refractivity contribution in [1.82, 2.24) is 5.48 Å². The Labute approximate surface area is 60.1 Å². The molecule has 0 bridgehead atoms. The van der Waals surface area contributed by atoms with Crippen LogP contribution in [0.25, 0.3) is 0 Å². The maximum Gasteiger partial charge on any atom is 0.0927 e. The maximum atomic E-state index is 5.33. The molecular weight excluding hydrogens is 138 g/mol. The molecule has 0 spiro atoms. The minimum Gasteiger partial charge on any atom is -0.275 e. The molecule has 0 aromatic carbocycles. The van der Waals surface area contributed by atoms with E-state index >= 15 is 0 Å². The fraction of sp³-hybridized carbons (Fsp3) is 0.333. The Morgan fingerprint density at radius 1 is 1.56 bits per heavy atom. The summed E-state index contributed by atoms with van der Waals surface area (Å²) in [5, 5.41) is 0. The molecule has 52 valence electrons. The van der Waals surface area contributed by atoms with Gasteiger partial charge in [0.1, 0.15) is 0 Å². The molecule has 0 aliphatic rings. The molecule has 0 amide bonds. The molecule has 0 aliphatic heterocycles. The van der Waals surface area contributed by atoms with Crippen LogP contribution >= 0.6 is 11.6 Å². The molecule has 0 aliphatic carbocycles. The Bertz CT molecular complexity index is 93.1. The average Bonchev–Trinajstić information content (AvgIpc) is 1.89. The van der Waals surface area contributed by atoms with Crippen molar-refractivity contribution in [2.45, 2.75) is 0 Å². The lowest BCUT2D eigenvalue weighted by Gasteiger charge is -1.94. The Morgan fingerprint density at radius 2 is 2.33 bits per heavy atom. The minimum atomic E-state index is 0.513. The molecule has 0 heterocycles. The molecule has 3 heteroatoms. The van der Waals surface area contributed by atoms with Crippen molar-refractivity contribution in [3.63, 3.8) is 0 Å². The average molecular weight is 148 g/mol. The zero-order chi connectivity index (χ0) is 6.95. The van der Waals surface area contributed by atoms with Gasteiger partial charge in [0, 0.05) is 12.1 Å². The largest absolute Gasteiger partial charge is 0.275 e. The van der Waals surface area contributed by atoms with Crippen molar-refractivity contribution >= 4 is 11.6 Å². The van der Waals surface area contributed by atoms with Gasteiger partial charge in [-0.2, -0.15) is 0 Å². The zero-order valence-corrected chi connectivity index (χ0v) is 5.90. The highest BCUT2D eigenvalue weighted by molar-refractivity contribution is 6.18. The Balaban J connectivity index is 2.90. The normalized spacial score (nSPS) is 9.89. The third-order valence-electron chi connectivity index (χ3n) is 0.602. The van der Waals surface area contributed by atoms with E-state index in [1.807, 2.05) is 12.2 Å². The first-order chi connectivity index (χ1) is 4.41. The first-order valence-corrected chi connectivity index (χ1v) is 3.14. The second-order valence-electron chi connectivity index (χ2n) is 1.26. The minimum absolute atomic E-state index is 0.513. The maximum absolute atomic E-state index is 5.33. The van der Waals surface area contributed by atoms with Crippen LogP contribution < -0.4 is 5.48 Å². The molecule has 0 fully saturated rings. The zero-order valence-electron chi connectivity index (χ0n) is 5.14. The third-order valence-corrected chi connectivity index (χ3v) is 0.780. The highest BCUT2D eigenvalue weighted by Gasteiger charge is 1.73. The molecule has 0 aromatic rings. The van der Waals surface area contributed by atoms with E-state index < -0.39 is 0 Å². The SMILES string of the molecule is C=CNOCC=CCCl. The summed E-state index contributed by atoms with van der Waals surface area (Å²) in [6.45, 7) is 3.90. The van der Waals surface area contributed by atoms with E-state index in [0.717, 1.165) is 0 Å². The van der Waals surface area contributed by atoms with Crippen molar-refractivity contribution < 1.29 is 4.84 Å². The smallest absolute Gasteiger partial charge is 0.0927 e. The third kappa shape index (κ3) is 7.53. The predicted octanol–water partition coefficient (Wildman–Crippen LogP) is 1.45. The van der Waals surface area contributed by atoms with Crippen LogP contribution in [0.3, 0.4) is 0 Å². The van der Waals surface area contributed by atoms with Gasteiger partial charge < -0.3 is 0 Å². The van der Waals surface area contributed by atoms with E-state index in [2.05, 4.69) is 12.1 Å². The summed E-state index contributed by atoms with van der Waals surface area (Å²) < 4.78 is 0. The first-order valence-electron chi connectivity index (χ1n) is 2.61. The molecule has 0 rings (SSSR count). The fourth-order valence-electron chi connectivity index (χ4n) is 0.286. The van der Waals surface area contributed by atoms with Crippen LogP contribution in [0.1, 0.15) is 0 Å². The second-order valence-corrected chi connectivity index (χ2v) is 1.57. The number of hydrogen-bond donors (Lipinski definition) is 1. The summed E-state index contributed by atoms with van der Waals surface area (Å²) in [5.41, 5.74) is 2.48. The van der Waals surface area contributed by atoms with E-state index in [4.69, 9.17) is 16.4 Å². The number of hydrogen-bond acceptors (Lipinski definition) is 2. The van der Waals surface area contributed by atoms with E-state index in [-0.39, 0.29) is 0 Å². The topological polar surface area (TPSA) is 21.3 Å². The van der Waals surface area contributed by atoms with Crippen molar-refractivity contribution in [2.75, 3.05) is 12.5 Å². The van der Waals surface area contributed by atoms with Gasteiger partial charge in [-0.05, 0) is 0 Å². The van der Waals surface area contributed by atoms with Gasteiger partial charge in [0.25, 0.3) is 0 Å². The van der Waals surface area contributed by atoms with Crippen LogP contribution in [0.4, 0.5) is 0 Å². The first kappa shape index (κ1) is 8.53. The van der Waals surface area contributed by atoms with E-state index in [0.29, 0.717) is 12.5 Å². The highest BCUT2D eigenvalue weighted by Crippen LogP contribution is 1.77. The molecule has 9 heavy (non-hydrogen) atoms. The van der Waals surface area contributed by atoms with Gasteiger partial charge in [-0.3, -0.25) is 10.3 Å².